The molecule has 2 rings (SSSR count). The van der Waals surface area contributed by atoms with E-state index in [1.165, 1.54) is 18.5 Å². The van der Waals surface area contributed by atoms with Crippen LogP contribution >= 0.6 is 0 Å². The zero-order valence-electron chi connectivity index (χ0n) is 10.7. The molecule has 1 aliphatic heterocycles. The Bertz CT molecular complexity index is 408. The van der Waals surface area contributed by atoms with Gasteiger partial charge in [0.2, 0.25) is 0 Å². The van der Waals surface area contributed by atoms with Gasteiger partial charge in [0.15, 0.2) is 0 Å². The quantitative estimate of drug-likeness (QED) is 0.746. The second kappa shape index (κ2) is 5.33. The molecule has 1 aliphatic rings. The van der Waals surface area contributed by atoms with Crippen molar-refractivity contribution in [1.29, 1.82) is 5.26 Å². The average molecular weight is 232 g/mol. The first-order valence-electron chi connectivity index (χ1n) is 6.29. The van der Waals surface area contributed by atoms with Gasteiger partial charge in [0.05, 0.1) is 18.3 Å². The highest BCUT2D eigenvalue weighted by atomic mass is 15.3. The largest absolute Gasteiger partial charge is 0.291 e. The third kappa shape index (κ3) is 3.07. The van der Waals surface area contributed by atoms with Crippen molar-refractivity contribution in [2.24, 2.45) is 5.92 Å². The summed E-state index contributed by atoms with van der Waals surface area (Å²) in [5.41, 5.74) is 2.35. The molecule has 0 radical (unpaired) electrons. The van der Waals surface area contributed by atoms with Gasteiger partial charge in [-0.2, -0.15) is 10.4 Å². The Morgan fingerprint density at radius 2 is 2.12 bits per heavy atom. The Kier molecular flexibility index (Phi) is 3.80. The third-order valence-electron chi connectivity index (χ3n) is 3.54. The zero-order chi connectivity index (χ0) is 12.3. The highest BCUT2D eigenvalue weighted by molar-refractivity contribution is 5.06. The van der Waals surface area contributed by atoms with Crippen LogP contribution < -0.4 is 0 Å². The Morgan fingerprint density at radius 3 is 2.65 bits per heavy atom. The molecule has 0 aliphatic carbocycles. The molecule has 1 fully saturated rings. The lowest BCUT2D eigenvalue weighted by Gasteiger charge is -2.30. The number of hydrogen-bond acceptors (Lipinski definition) is 3. The molecule has 2 heterocycles. The summed E-state index contributed by atoms with van der Waals surface area (Å²) in [5.74, 6) is 0.711. The topological polar surface area (TPSA) is 44.9 Å². The normalized spacial score (nSPS) is 18.2. The molecular weight excluding hydrogens is 212 g/mol. The molecule has 4 heteroatoms. The summed E-state index contributed by atoms with van der Waals surface area (Å²) in [6, 6.07) is 4.35. The molecule has 1 aromatic heterocycles. The van der Waals surface area contributed by atoms with Crippen molar-refractivity contribution in [3.05, 3.63) is 17.5 Å². The van der Waals surface area contributed by atoms with Crippen LogP contribution in [0.1, 0.15) is 24.2 Å². The van der Waals surface area contributed by atoms with Crippen molar-refractivity contribution >= 4 is 0 Å². The molecule has 0 atom stereocenters. The van der Waals surface area contributed by atoms with Crippen LogP contribution in [-0.4, -0.2) is 34.3 Å². The molecule has 0 unspecified atom stereocenters. The fourth-order valence-electron chi connectivity index (χ4n) is 2.53. The summed E-state index contributed by atoms with van der Waals surface area (Å²) < 4.78 is 2.12. The fraction of sp³-hybridized carbons (Fsp3) is 0.692. The minimum atomic E-state index is 0.576. The zero-order valence-corrected chi connectivity index (χ0v) is 10.7. The summed E-state index contributed by atoms with van der Waals surface area (Å²) in [4.78, 5) is 2.23. The van der Waals surface area contributed by atoms with E-state index in [1.54, 1.807) is 0 Å². The van der Waals surface area contributed by atoms with E-state index in [-0.39, 0.29) is 0 Å². The van der Waals surface area contributed by atoms with Gasteiger partial charge in [-0.15, -0.1) is 0 Å². The van der Waals surface area contributed by atoms with E-state index in [2.05, 4.69) is 33.7 Å². The molecule has 0 bridgehead atoms. The average Bonchev–Trinajstić information content (AvgIpc) is 2.61. The van der Waals surface area contributed by atoms with Crippen molar-refractivity contribution < 1.29 is 0 Å². The predicted molar refractivity (Wildman–Crippen MR) is 66.5 cm³/mol. The summed E-state index contributed by atoms with van der Waals surface area (Å²) in [7, 11) is 0. The van der Waals surface area contributed by atoms with E-state index in [0.29, 0.717) is 12.5 Å². The Hall–Kier alpha value is -1.34. The first-order chi connectivity index (χ1) is 8.19. The van der Waals surface area contributed by atoms with Crippen LogP contribution in [0.3, 0.4) is 0 Å². The summed E-state index contributed by atoms with van der Waals surface area (Å²) in [5, 5.41) is 13.2. The second-order valence-corrected chi connectivity index (χ2v) is 4.99. The van der Waals surface area contributed by atoms with Crippen LogP contribution in [0, 0.1) is 31.1 Å². The molecule has 92 valence electrons. The molecule has 0 N–H and O–H groups in total. The number of nitriles is 1. The molecule has 0 amide bonds. The van der Waals surface area contributed by atoms with Gasteiger partial charge in [0, 0.05) is 12.2 Å². The first-order valence-corrected chi connectivity index (χ1v) is 6.29. The molecule has 17 heavy (non-hydrogen) atoms. The molecule has 1 aromatic rings. The maximum absolute atomic E-state index is 8.65. The minimum Gasteiger partial charge on any atom is -0.291 e. The number of piperidine rings is 1. The monoisotopic (exact) mass is 232 g/mol. The van der Waals surface area contributed by atoms with Gasteiger partial charge >= 0.3 is 0 Å². The van der Waals surface area contributed by atoms with Crippen LogP contribution in [0.15, 0.2) is 6.07 Å². The molecule has 1 saturated heterocycles. The van der Waals surface area contributed by atoms with Crippen molar-refractivity contribution in [3.63, 3.8) is 0 Å². The van der Waals surface area contributed by atoms with Crippen LogP contribution in [0.2, 0.25) is 0 Å². The van der Waals surface area contributed by atoms with Crippen LogP contribution in [0.5, 0.6) is 0 Å². The van der Waals surface area contributed by atoms with Gasteiger partial charge in [-0.3, -0.25) is 9.58 Å². The van der Waals surface area contributed by atoms with E-state index in [0.717, 1.165) is 25.3 Å². The Morgan fingerprint density at radius 1 is 1.41 bits per heavy atom. The van der Waals surface area contributed by atoms with Gasteiger partial charge in [-0.1, -0.05) is 0 Å². The number of hydrogen-bond donors (Lipinski definition) is 0. The standard InChI is InChI=1S/C13H20N4/c1-11-9-12(2)17(15-11)10-13-3-6-16(7-4-13)8-5-14/h9,13H,3-4,6-8,10H2,1-2H3. The molecule has 4 nitrogen and oxygen atoms in total. The van der Waals surface area contributed by atoms with E-state index >= 15 is 0 Å². The highest BCUT2D eigenvalue weighted by Crippen LogP contribution is 2.19. The number of nitrogens with zero attached hydrogens (tertiary/aromatic N) is 4. The Balaban J connectivity index is 1.86. The lowest BCUT2D eigenvalue weighted by atomic mass is 9.97. The van der Waals surface area contributed by atoms with Crippen molar-refractivity contribution in [3.8, 4) is 6.07 Å². The van der Waals surface area contributed by atoms with Crippen molar-refractivity contribution in [2.45, 2.75) is 33.2 Å². The summed E-state index contributed by atoms with van der Waals surface area (Å²) >= 11 is 0. The second-order valence-electron chi connectivity index (χ2n) is 4.99. The fourth-order valence-corrected chi connectivity index (χ4v) is 2.53. The lowest BCUT2D eigenvalue weighted by molar-refractivity contribution is 0.186. The summed E-state index contributed by atoms with van der Waals surface area (Å²) in [6.45, 7) is 7.87. The van der Waals surface area contributed by atoms with E-state index in [4.69, 9.17) is 5.26 Å². The van der Waals surface area contributed by atoms with Gasteiger partial charge in [0.25, 0.3) is 0 Å². The summed E-state index contributed by atoms with van der Waals surface area (Å²) in [6.07, 6.45) is 2.36. The van der Waals surface area contributed by atoms with Crippen molar-refractivity contribution in [1.82, 2.24) is 14.7 Å². The first kappa shape index (κ1) is 12.1. The van der Waals surface area contributed by atoms with Crippen molar-refractivity contribution in [2.75, 3.05) is 19.6 Å². The van der Waals surface area contributed by atoms with Gasteiger partial charge in [-0.05, 0) is 51.8 Å². The predicted octanol–water partition coefficient (Wildman–Crippen LogP) is 1.74. The van der Waals surface area contributed by atoms with Crippen LogP contribution in [0.4, 0.5) is 0 Å². The maximum atomic E-state index is 8.65. The van der Waals surface area contributed by atoms with E-state index in [9.17, 15) is 0 Å². The third-order valence-corrected chi connectivity index (χ3v) is 3.54. The Labute approximate surface area is 103 Å². The van der Waals surface area contributed by atoms with E-state index < -0.39 is 0 Å². The smallest absolute Gasteiger partial charge is 0.0865 e. The highest BCUT2D eigenvalue weighted by Gasteiger charge is 2.19. The van der Waals surface area contributed by atoms with E-state index in [1.807, 2.05) is 6.92 Å². The number of aryl methyl sites for hydroxylation is 2. The lowest BCUT2D eigenvalue weighted by Crippen LogP contribution is -2.35. The van der Waals surface area contributed by atoms with Gasteiger partial charge in [-0.25, -0.2) is 0 Å². The van der Waals surface area contributed by atoms with Crippen LogP contribution in [0.25, 0.3) is 0 Å². The number of likely N-dealkylation sites (tertiary alicyclic amines) is 1. The van der Waals surface area contributed by atoms with Gasteiger partial charge < -0.3 is 0 Å². The maximum Gasteiger partial charge on any atom is 0.0865 e. The molecule has 0 saturated carbocycles. The number of aromatic nitrogens is 2. The van der Waals surface area contributed by atoms with Crippen LogP contribution in [-0.2, 0) is 6.54 Å². The number of rotatable bonds is 3. The van der Waals surface area contributed by atoms with Gasteiger partial charge in [0.1, 0.15) is 0 Å². The molecule has 0 aromatic carbocycles. The molecular formula is C13H20N4. The minimum absolute atomic E-state index is 0.576. The SMILES string of the molecule is Cc1cc(C)n(CC2CCN(CC#N)CC2)n1. The molecule has 0 spiro atoms.